The number of hydrogen-bond donors (Lipinski definition) is 1. The first-order valence-corrected chi connectivity index (χ1v) is 9.07. The first-order chi connectivity index (χ1) is 12.6. The second kappa shape index (κ2) is 6.61. The molecule has 0 unspecified atom stereocenters. The van der Waals surface area contributed by atoms with Gasteiger partial charge in [0.2, 0.25) is 0 Å². The molecule has 0 radical (unpaired) electrons. The Labute approximate surface area is 153 Å². The van der Waals surface area contributed by atoms with Crippen molar-refractivity contribution in [1.82, 2.24) is 4.90 Å². The van der Waals surface area contributed by atoms with Crippen LogP contribution >= 0.6 is 0 Å². The SMILES string of the molecule is Cc1cccc(C2(C(=O)O)CCN(Cc3cc4ccccc4o3)CC2)c1. The third-order valence-corrected chi connectivity index (χ3v) is 5.55. The highest BCUT2D eigenvalue weighted by molar-refractivity contribution is 5.81. The standard InChI is InChI=1S/C22H23NO3/c1-16-5-4-7-18(13-16)22(21(24)25)9-11-23(12-10-22)15-19-14-17-6-2-3-8-20(17)26-19/h2-8,13-14H,9-12,15H2,1H3,(H,24,25). The van der Waals surface area contributed by atoms with Gasteiger partial charge in [0.1, 0.15) is 11.3 Å². The normalized spacial score (nSPS) is 17.4. The highest BCUT2D eigenvalue weighted by atomic mass is 16.4. The van der Waals surface area contributed by atoms with Crippen molar-refractivity contribution in [1.29, 1.82) is 0 Å². The number of carboxylic acid groups (broad SMARTS) is 1. The number of fused-ring (bicyclic) bond motifs is 1. The maximum atomic E-state index is 12.1. The molecule has 0 atom stereocenters. The molecule has 4 heteroatoms. The molecule has 26 heavy (non-hydrogen) atoms. The Hall–Kier alpha value is -2.59. The Morgan fingerprint density at radius 3 is 2.58 bits per heavy atom. The summed E-state index contributed by atoms with van der Waals surface area (Å²) in [7, 11) is 0. The Morgan fingerprint density at radius 2 is 1.88 bits per heavy atom. The smallest absolute Gasteiger partial charge is 0.314 e. The number of hydrogen-bond acceptors (Lipinski definition) is 3. The third-order valence-electron chi connectivity index (χ3n) is 5.55. The van der Waals surface area contributed by atoms with Gasteiger partial charge < -0.3 is 9.52 Å². The number of rotatable bonds is 4. The number of benzene rings is 2. The number of aryl methyl sites for hydroxylation is 1. The van der Waals surface area contributed by atoms with Gasteiger partial charge in [-0.15, -0.1) is 0 Å². The van der Waals surface area contributed by atoms with Crippen molar-refractivity contribution in [2.75, 3.05) is 13.1 Å². The van der Waals surface area contributed by atoms with E-state index in [1.807, 2.05) is 55.5 Å². The van der Waals surface area contributed by atoms with Crippen LogP contribution in [0.1, 0.15) is 29.7 Å². The Bertz CT molecular complexity index is 902. The average Bonchev–Trinajstić information content (AvgIpc) is 3.04. The van der Waals surface area contributed by atoms with Crippen molar-refractivity contribution in [3.8, 4) is 0 Å². The van der Waals surface area contributed by atoms with Crippen LogP contribution in [-0.2, 0) is 16.8 Å². The highest BCUT2D eigenvalue weighted by Crippen LogP contribution is 2.37. The fourth-order valence-electron chi connectivity index (χ4n) is 4.00. The molecule has 1 aliphatic rings. The molecule has 4 nitrogen and oxygen atoms in total. The molecule has 2 heterocycles. The van der Waals surface area contributed by atoms with E-state index in [1.165, 1.54) is 0 Å². The third kappa shape index (κ3) is 3.01. The number of carboxylic acids is 1. The van der Waals surface area contributed by atoms with Gasteiger partial charge in [-0.3, -0.25) is 9.69 Å². The molecule has 1 N–H and O–H groups in total. The lowest BCUT2D eigenvalue weighted by atomic mass is 9.72. The van der Waals surface area contributed by atoms with Crippen LogP contribution in [0.2, 0.25) is 0 Å². The van der Waals surface area contributed by atoms with E-state index in [2.05, 4.69) is 11.0 Å². The summed E-state index contributed by atoms with van der Waals surface area (Å²) < 4.78 is 5.91. The minimum atomic E-state index is -0.781. The summed E-state index contributed by atoms with van der Waals surface area (Å²) in [6, 6.07) is 18.0. The van der Waals surface area contributed by atoms with Crippen LogP contribution in [0.3, 0.4) is 0 Å². The van der Waals surface area contributed by atoms with Crippen LogP contribution in [0.4, 0.5) is 0 Å². The molecule has 0 spiro atoms. The summed E-state index contributed by atoms with van der Waals surface area (Å²) in [4.78, 5) is 14.4. The van der Waals surface area contributed by atoms with Crippen LogP contribution < -0.4 is 0 Å². The summed E-state index contributed by atoms with van der Waals surface area (Å²) >= 11 is 0. The maximum absolute atomic E-state index is 12.1. The van der Waals surface area contributed by atoms with E-state index in [0.717, 1.165) is 47.5 Å². The molecule has 0 amide bonds. The van der Waals surface area contributed by atoms with E-state index in [-0.39, 0.29) is 0 Å². The molecule has 134 valence electrons. The van der Waals surface area contributed by atoms with E-state index in [4.69, 9.17) is 4.42 Å². The first-order valence-electron chi connectivity index (χ1n) is 9.07. The molecule has 1 aromatic heterocycles. The van der Waals surface area contributed by atoms with E-state index in [0.29, 0.717) is 12.8 Å². The largest absolute Gasteiger partial charge is 0.481 e. The molecular weight excluding hydrogens is 326 g/mol. The second-order valence-electron chi connectivity index (χ2n) is 7.28. The fraction of sp³-hybridized carbons (Fsp3) is 0.318. The molecule has 1 fully saturated rings. The van der Waals surface area contributed by atoms with Gasteiger partial charge in [-0.05, 0) is 37.5 Å². The molecule has 0 saturated carbocycles. The molecule has 1 saturated heterocycles. The number of furan rings is 1. The highest BCUT2D eigenvalue weighted by Gasteiger charge is 2.43. The lowest BCUT2D eigenvalue weighted by Gasteiger charge is -2.39. The zero-order valence-electron chi connectivity index (χ0n) is 14.9. The molecule has 1 aliphatic heterocycles. The first kappa shape index (κ1) is 16.9. The topological polar surface area (TPSA) is 53.7 Å². The van der Waals surface area contributed by atoms with Gasteiger partial charge >= 0.3 is 5.97 Å². The maximum Gasteiger partial charge on any atom is 0.314 e. The minimum Gasteiger partial charge on any atom is -0.481 e. The summed E-state index contributed by atoms with van der Waals surface area (Å²) in [5.74, 6) is 0.219. The van der Waals surface area contributed by atoms with E-state index < -0.39 is 11.4 Å². The summed E-state index contributed by atoms with van der Waals surface area (Å²) in [6.07, 6.45) is 1.23. The average molecular weight is 349 g/mol. The lowest BCUT2D eigenvalue weighted by Crippen LogP contribution is -2.47. The predicted molar refractivity (Wildman–Crippen MR) is 101 cm³/mol. The number of para-hydroxylation sites is 1. The second-order valence-corrected chi connectivity index (χ2v) is 7.28. The van der Waals surface area contributed by atoms with Crippen molar-refractivity contribution in [3.63, 3.8) is 0 Å². The van der Waals surface area contributed by atoms with Gasteiger partial charge in [0, 0.05) is 18.5 Å². The molecular formula is C22H23NO3. The van der Waals surface area contributed by atoms with E-state index in [1.54, 1.807) is 0 Å². The van der Waals surface area contributed by atoms with Crippen molar-refractivity contribution in [2.24, 2.45) is 0 Å². The van der Waals surface area contributed by atoms with Crippen molar-refractivity contribution in [2.45, 2.75) is 31.7 Å². The van der Waals surface area contributed by atoms with Gasteiger partial charge in [-0.1, -0.05) is 48.0 Å². The Balaban J connectivity index is 1.50. The Morgan fingerprint density at radius 1 is 1.12 bits per heavy atom. The number of carbonyl (C=O) groups is 1. The summed E-state index contributed by atoms with van der Waals surface area (Å²) in [5.41, 5.74) is 2.15. The van der Waals surface area contributed by atoms with Crippen LogP contribution in [0.5, 0.6) is 0 Å². The van der Waals surface area contributed by atoms with Crippen molar-refractivity contribution < 1.29 is 14.3 Å². The quantitative estimate of drug-likeness (QED) is 0.760. The Kier molecular flexibility index (Phi) is 4.29. The molecule has 3 aromatic rings. The van der Waals surface area contributed by atoms with Gasteiger partial charge in [-0.2, -0.15) is 0 Å². The zero-order chi connectivity index (χ0) is 18.1. The zero-order valence-corrected chi connectivity index (χ0v) is 14.9. The molecule has 2 aromatic carbocycles. The number of aliphatic carboxylic acids is 1. The lowest BCUT2D eigenvalue weighted by molar-refractivity contribution is -0.146. The minimum absolute atomic E-state index is 0.617. The fourth-order valence-corrected chi connectivity index (χ4v) is 4.00. The van der Waals surface area contributed by atoms with Gasteiger partial charge in [-0.25, -0.2) is 0 Å². The van der Waals surface area contributed by atoms with Crippen LogP contribution in [0.25, 0.3) is 11.0 Å². The van der Waals surface area contributed by atoms with Gasteiger partial charge in [0.15, 0.2) is 0 Å². The van der Waals surface area contributed by atoms with Crippen molar-refractivity contribution in [3.05, 3.63) is 71.5 Å². The predicted octanol–water partition coefficient (Wildman–Crippen LogP) is 4.36. The molecule has 0 aliphatic carbocycles. The number of nitrogens with zero attached hydrogens (tertiary/aromatic N) is 1. The van der Waals surface area contributed by atoms with Crippen LogP contribution in [0.15, 0.2) is 59.0 Å². The van der Waals surface area contributed by atoms with Crippen LogP contribution in [0, 0.1) is 6.92 Å². The van der Waals surface area contributed by atoms with Gasteiger partial charge in [0.25, 0.3) is 0 Å². The molecule has 4 rings (SSSR count). The molecule has 0 bridgehead atoms. The van der Waals surface area contributed by atoms with E-state index >= 15 is 0 Å². The van der Waals surface area contributed by atoms with E-state index in [9.17, 15) is 9.90 Å². The summed E-state index contributed by atoms with van der Waals surface area (Å²) in [6.45, 7) is 4.22. The number of piperidine rings is 1. The number of likely N-dealkylation sites (tertiary alicyclic amines) is 1. The van der Waals surface area contributed by atoms with Crippen LogP contribution in [-0.4, -0.2) is 29.1 Å². The van der Waals surface area contributed by atoms with Gasteiger partial charge in [0.05, 0.1) is 12.0 Å². The van der Waals surface area contributed by atoms with Crippen molar-refractivity contribution >= 4 is 16.9 Å². The summed E-state index contributed by atoms with van der Waals surface area (Å²) in [5, 5.41) is 11.1. The monoisotopic (exact) mass is 349 g/mol.